The Balaban J connectivity index is 1.75. The Morgan fingerprint density at radius 2 is 2.25 bits per heavy atom. The molecule has 1 aromatic heterocycles. The third-order valence-electron chi connectivity index (χ3n) is 4.38. The molecule has 0 saturated carbocycles. The molecule has 1 fully saturated rings. The van der Waals surface area contributed by atoms with E-state index in [0.29, 0.717) is 6.04 Å². The molecule has 1 aliphatic rings. The molecule has 2 heterocycles. The van der Waals surface area contributed by atoms with Crippen LogP contribution >= 0.6 is 0 Å². The predicted octanol–water partition coefficient (Wildman–Crippen LogP) is 2.38. The number of nitrogens with zero attached hydrogens (tertiary/aromatic N) is 1. The van der Waals surface area contributed by atoms with E-state index in [9.17, 15) is 4.79 Å². The lowest BCUT2D eigenvalue weighted by Gasteiger charge is -2.35. The predicted molar refractivity (Wildman–Crippen MR) is 80.9 cm³/mol. The molecule has 0 radical (unpaired) electrons. The topological polar surface area (TPSA) is 48.1 Å². The molecule has 4 nitrogen and oxygen atoms in total. The van der Waals surface area contributed by atoms with E-state index in [-0.39, 0.29) is 11.9 Å². The summed E-state index contributed by atoms with van der Waals surface area (Å²) in [5.41, 5.74) is 1.66. The van der Waals surface area contributed by atoms with E-state index >= 15 is 0 Å². The normalized spacial score (nSPS) is 23.9. The van der Waals surface area contributed by atoms with Gasteiger partial charge in [0.25, 0.3) is 5.91 Å². The Kier molecular flexibility index (Phi) is 3.49. The highest BCUT2D eigenvalue weighted by molar-refractivity contribution is 6.05. The number of nitrogens with one attached hydrogen (secondary N) is 2. The average Bonchev–Trinajstić information content (AvgIpc) is 2.91. The number of benzene rings is 1. The molecule has 0 bridgehead atoms. The highest BCUT2D eigenvalue weighted by atomic mass is 16.1. The Hall–Kier alpha value is -1.81. The summed E-state index contributed by atoms with van der Waals surface area (Å²) in [5, 5.41) is 4.26. The molecule has 1 aromatic carbocycles. The van der Waals surface area contributed by atoms with Gasteiger partial charge in [0.1, 0.15) is 0 Å². The van der Waals surface area contributed by atoms with Gasteiger partial charge in [-0.3, -0.25) is 4.79 Å². The fourth-order valence-corrected chi connectivity index (χ4v) is 2.96. The molecule has 2 N–H and O–H groups in total. The number of amides is 1. The standard InChI is InChI=1S/C16H21N3O/c1-11-10-13(7-9-19(11)2)18-16(20)14-5-3-4-12-6-8-17-15(12)14/h3-6,8,11,13,17H,7,9-10H2,1-2H3,(H,18,20). The van der Waals surface area contributed by atoms with Gasteiger partial charge in [0.2, 0.25) is 0 Å². The van der Waals surface area contributed by atoms with Crippen molar-refractivity contribution in [3.8, 4) is 0 Å². The van der Waals surface area contributed by atoms with Crippen LogP contribution in [0.25, 0.3) is 10.9 Å². The first-order chi connectivity index (χ1) is 9.65. The van der Waals surface area contributed by atoms with Crippen LogP contribution < -0.4 is 5.32 Å². The number of hydrogen-bond donors (Lipinski definition) is 2. The molecule has 1 saturated heterocycles. The van der Waals surface area contributed by atoms with Crippen LogP contribution in [-0.2, 0) is 0 Å². The van der Waals surface area contributed by atoms with Gasteiger partial charge in [-0.2, -0.15) is 0 Å². The van der Waals surface area contributed by atoms with Crippen LogP contribution in [0.5, 0.6) is 0 Å². The Bertz CT molecular complexity index is 619. The van der Waals surface area contributed by atoms with Crippen LogP contribution in [0.4, 0.5) is 0 Å². The zero-order valence-corrected chi connectivity index (χ0v) is 12.0. The summed E-state index contributed by atoms with van der Waals surface area (Å²) in [7, 11) is 2.14. The van der Waals surface area contributed by atoms with Gasteiger partial charge in [-0.05, 0) is 38.9 Å². The van der Waals surface area contributed by atoms with E-state index in [1.165, 1.54) is 0 Å². The van der Waals surface area contributed by atoms with Gasteiger partial charge in [-0.1, -0.05) is 12.1 Å². The molecule has 0 aliphatic carbocycles. The summed E-state index contributed by atoms with van der Waals surface area (Å²) in [6.07, 6.45) is 3.91. The summed E-state index contributed by atoms with van der Waals surface area (Å²) >= 11 is 0. The molecule has 2 aromatic rings. The number of carbonyl (C=O) groups is 1. The largest absolute Gasteiger partial charge is 0.361 e. The number of H-pyrrole nitrogens is 1. The number of para-hydroxylation sites is 1. The van der Waals surface area contributed by atoms with E-state index in [1.54, 1.807) is 0 Å². The highest BCUT2D eigenvalue weighted by Crippen LogP contribution is 2.19. The lowest BCUT2D eigenvalue weighted by Crippen LogP contribution is -2.47. The fraction of sp³-hybridized carbons (Fsp3) is 0.438. The quantitative estimate of drug-likeness (QED) is 0.881. The van der Waals surface area contributed by atoms with Crippen molar-refractivity contribution in [1.29, 1.82) is 0 Å². The average molecular weight is 271 g/mol. The molecule has 1 aliphatic heterocycles. The van der Waals surface area contributed by atoms with E-state index in [2.05, 4.69) is 29.2 Å². The lowest BCUT2D eigenvalue weighted by molar-refractivity contribution is 0.0898. The molecule has 0 spiro atoms. The fourth-order valence-electron chi connectivity index (χ4n) is 2.96. The first kappa shape index (κ1) is 13.2. The van der Waals surface area contributed by atoms with E-state index < -0.39 is 0 Å². The molecule has 106 valence electrons. The van der Waals surface area contributed by atoms with Gasteiger partial charge < -0.3 is 15.2 Å². The molecule has 2 atom stereocenters. The maximum atomic E-state index is 12.5. The minimum absolute atomic E-state index is 0.0276. The summed E-state index contributed by atoms with van der Waals surface area (Å²) in [5.74, 6) is 0.0276. The number of aromatic nitrogens is 1. The third-order valence-corrected chi connectivity index (χ3v) is 4.38. The smallest absolute Gasteiger partial charge is 0.253 e. The number of hydrogen-bond acceptors (Lipinski definition) is 2. The summed E-state index contributed by atoms with van der Waals surface area (Å²) in [4.78, 5) is 18.0. The van der Waals surface area contributed by atoms with Gasteiger partial charge in [0.15, 0.2) is 0 Å². The van der Waals surface area contributed by atoms with Gasteiger partial charge >= 0.3 is 0 Å². The van der Waals surface area contributed by atoms with Crippen LogP contribution in [0.1, 0.15) is 30.1 Å². The molecule has 3 rings (SSSR count). The minimum atomic E-state index is 0.0276. The van der Waals surface area contributed by atoms with Gasteiger partial charge in [0, 0.05) is 30.2 Å². The second kappa shape index (κ2) is 5.29. The molecule has 2 unspecified atom stereocenters. The molecule has 4 heteroatoms. The van der Waals surface area contributed by atoms with Crippen molar-refractivity contribution in [2.45, 2.75) is 31.8 Å². The summed E-state index contributed by atoms with van der Waals surface area (Å²) in [6, 6.07) is 8.62. The van der Waals surface area contributed by atoms with Crippen LogP contribution in [0.2, 0.25) is 0 Å². The Morgan fingerprint density at radius 1 is 1.40 bits per heavy atom. The SMILES string of the molecule is CC1CC(NC(=O)c2cccc3cc[nH]c23)CCN1C. The second-order valence-electron chi connectivity index (χ2n) is 5.77. The first-order valence-electron chi connectivity index (χ1n) is 7.22. The molecular weight excluding hydrogens is 250 g/mol. The first-order valence-corrected chi connectivity index (χ1v) is 7.22. The van der Waals surface area contributed by atoms with Crippen molar-refractivity contribution >= 4 is 16.8 Å². The summed E-state index contributed by atoms with van der Waals surface area (Å²) in [6.45, 7) is 3.25. The maximum Gasteiger partial charge on any atom is 0.253 e. The molecule has 20 heavy (non-hydrogen) atoms. The van der Waals surface area contributed by atoms with Crippen molar-refractivity contribution in [2.24, 2.45) is 0 Å². The number of fused-ring (bicyclic) bond motifs is 1. The van der Waals surface area contributed by atoms with Crippen molar-refractivity contribution < 1.29 is 4.79 Å². The maximum absolute atomic E-state index is 12.5. The minimum Gasteiger partial charge on any atom is -0.361 e. The van der Waals surface area contributed by atoms with Gasteiger partial charge in [-0.15, -0.1) is 0 Å². The Morgan fingerprint density at radius 3 is 3.05 bits per heavy atom. The van der Waals surface area contributed by atoms with E-state index in [0.717, 1.165) is 35.9 Å². The van der Waals surface area contributed by atoms with Crippen molar-refractivity contribution in [3.05, 3.63) is 36.0 Å². The Labute approximate surface area is 119 Å². The van der Waals surface area contributed by atoms with Gasteiger partial charge in [-0.25, -0.2) is 0 Å². The molecule has 1 amide bonds. The van der Waals surface area contributed by atoms with Crippen LogP contribution in [0.3, 0.4) is 0 Å². The van der Waals surface area contributed by atoms with Gasteiger partial charge in [0.05, 0.1) is 11.1 Å². The van der Waals surface area contributed by atoms with Crippen molar-refractivity contribution in [2.75, 3.05) is 13.6 Å². The number of likely N-dealkylation sites (tertiary alicyclic amines) is 1. The molecular formula is C16H21N3O. The lowest BCUT2D eigenvalue weighted by atomic mass is 9.98. The van der Waals surface area contributed by atoms with E-state index in [1.807, 2.05) is 30.5 Å². The van der Waals surface area contributed by atoms with Crippen LogP contribution in [0.15, 0.2) is 30.5 Å². The van der Waals surface area contributed by atoms with Crippen LogP contribution in [-0.4, -0.2) is 41.5 Å². The summed E-state index contributed by atoms with van der Waals surface area (Å²) < 4.78 is 0. The number of piperidine rings is 1. The van der Waals surface area contributed by atoms with Crippen molar-refractivity contribution in [1.82, 2.24) is 15.2 Å². The number of rotatable bonds is 2. The number of carbonyl (C=O) groups excluding carboxylic acids is 1. The van der Waals surface area contributed by atoms with Crippen LogP contribution in [0, 0.1) is 0 Å². The zero-order chi connectivity index (χ0) is 14.1. The third kappa shape index (κ3) is 2.43. The number of aromatic amines is 1. The monoisotopic (exact) mass is 271 g/mol. The van der Waals surface area contributed by atoms with E-state index in [4.69, 9.17) is 0 Å². The second-order valence-corrected chi connectivity index (χ2v) is 5.77. The van der Waals surface area contributed by atoms with Crippen molar-refractivity contribution in [3.63, 3.8) is 0 Å². The highest BCUT2D eigenvalue weighted by Gasteiger charge is 2.24. The zero-order valence-electron chi connectivity index (χ0n) is 12.0.